The first kappa shape index (κ1) is 42.1. The molecule has 4 rings (SSSR count). The Bertz CT molecular complexity index is 1800. The number of hydrogen-bond donors (Lipinski definition) is 1. The predicted molar refractivity (Wildman–Crippen MR) is 195 cm³/mol. The van der Waals surface area contributed by atoms with Crippen molar-refractivity contribution in [3.05, 3.63) is 76.6 Å². The molecule has 0 saturated carbocycles. The van der Waals surface area contributed by atoms with Crippen LogP contribution in [-0.2, 0) is 18.9 Å². The molecular formula is C39H47FN2O13. The van der Waals surface area contributed by atoms with E-state index in [1.165, 1.54) is 89.0 Å². The van der Waals surface area contributed by atoms with Crippen molar-refractivity contribution in [3.63, 3.8) is 0 Å². The van der Waals surface area contributed by atoms with Gasteiger partial charge in [-0.15, -0.1) is 0 Å². The van der Waals surface area contributed by atoms with Crippen LogP contribution in [0.15, 0.2) is 48.5 Å². The van der Waals surface area contributed by atoms with Crippen LogP contribution >= 0.6 is 0 Å². The molecule has 0 spiro atoms. The number of halogens is 1. The molecule has 1 aliphatic rings. The average molecular weight is 771 g/mol. The first-order chi connectivity index (χ1) is 26.2. The lowest BCUT2D eigenvalue weighted by atomic mass is 10.00. The SMILES string of the molecule is COCOc1ccc(OC)c(F)c1C(=O)c1ccc(C(=O)O[C@@H]2CCCN(C(=O)OC(C)(C)C)C[C@H]2NC(=O)c2cc(OC)c(OCOC)c(OC)c2)cc1. The van der Waals surface area contributed by atoms with E-state index in [4.69, 9.17) is 42.6 Å². The summed E-state index contributed by atoms with van der Waals surface area (Å²) in [6, 6.07) is 10.2. The molecule has 0 aromatic heterocycles. The number of nitrogens with one attached hydrogen (secondary N) is 1. The van der Waals surface area contributed by atoms with Crippen LogP contribution in [0.3, 0.4) is 0 Å². The van der Waals surface area contributed by atoms with Crippen LogP contribution in [0.4, 0.5) is 9.18 Å². The summed E-state index contributed by atoms with van der Waals surface area (Å²) in [6.07, 6.45) is -0.790. The van der Waals surface area contributed by atoms with Crippen molar-refractivity contribution in [2.75, 3.05) is 62.2 Å². The number of rotatable bonds is 15. The highest BCUT2D eigenvalue weighted by Gasteiger charge is 2.35. The maximum Gasteiger partial charge on any atom is 0.410 e. The zero-order valence-electron chi connectivity index (χ0n) is 32.1. The standard InChI is InChI=1S/C39H47FN2O13/c1-39(2,3)55-38(46)42-17-9-10-27(26(20-42)41-36(44)25-18-30(50-7)35(53-22-48-5)31(19-25)51-8)54-37(45)24-13-11-23(12-14-24)34(43)32-28(52-21-47-4)15-16-29(49-6)33(32)40/h11-16,18-19,26-27H,9-10,17,20-22H2,1-8H3,(H,41,44)/t26-,27-/m1/s1. The smallest absolute Gasteiger partial charge is 0.410 e. The minimum absolute atomic E-state index is 0.0467. The van der Waals surface area contributed by atoms with Crippen LogP contribution < -0.4 is 29.0 Å². The molecule has 0 aliphatic carbocycles. The van der Waals surface area contributed by atoms with Gasteiger partial charge >= 0.3 is 12.1 Å². The van der Waals surface area contributed by atoms with E-state index in [1.807, 2.05) is 0 Å². The molecule has 0 unspecified atom stereocenters. The topological polar surface area (TPSA) is 167 Å². The second-order valence-electron chi connectivity index (χ2n) is 13.3. The number of hydrogen-bond acceptors (Lipinski definition) is 13. The number of benzene rings is 3. The summed E-state index contributed by atoms with van der Waals surface area (Å²) in [4.78, 5) is 55.5. The van der Waals surface area contributed by atoms with Gasteiger partial charge in [0.15, 0.2) is 42.4 Å². The predicted octanol–water partition coefficient (Wildman–Crippen LogP) is 5.40. The van der Waals surface area contributed by atoms with Crippen LogP contribution in [0, 0.1) is 5.82 Å². The molecule has 3 aromatic carbocycles. The zero-order valence-corrected chi connectivity index (χ0v) is 32.1. The number of ether oxygens (including phenoxy) is 9. The Morgan fingerprint density at radius 2 is 1.36 bits per heavy atom. The van der Waals surface area contributed by atoms with E-state index in [0.29, 0.717) is 6.42 Å². The fourth-order valence-corrected chi connectivity index (χ4v) is 5.68. The lowest BCUT2D eigenvalue weighted by molar-refractivity contribution is 0.0127. The Morgan fingerprint density at radius 3 is 1.95 bits per heavy atom. The monoisotopic (exact) mass is 770 g/mol. The summed E-state index contributed by atoms with van der Waals surface area (Å²) in [6.45, 7) is 5.13. The Labute approximate surface area is 318 Å². The van der Waals surface area contributed by atoms with E-state index >= 15 is 4.39 Å². The number of methoxy groups -OCH3 is 5. The van der Waals surface area contributed by atoms with Crippen LogP contribution in [0.25, 0.3) is 0 Å². The van der Waals surface area contributed by atoms with Crippen molar-refractivity contribution in [2.24, 2.45) is 0 Å². The summed E-state index contributed by atoms with van der Waals surface area (Å²) < 4.78 is 63.8. The van der Waals surface area contributed by atoms with Crippen molar-refractivity contribution in [2.45, 2.75) is 51.4 Å². The Balaban J connectivity index is 1.60. The third-order valence-electron chi connectivity index (χ3n) is 8.28. The molecule has 0 bridgehead atoms. The molecule has 55 heavy (non-hydrogen) atoms. The first-order valence-electron chi connectivity index (χ1n) is 17.3. The molecule has 1 saturated heterocycles. The first-order valence-corrected chi connectivity index (χ1v) is 17.3. The molecule has 1 aliphatic heterocycles. The minimum atomic E-state index is -0.918. The van der Waals surface area contributed by atoms with Gasteiger partial charge in [0, 0.05) is 38.4 Å². The third-order valence-corrected chi connectivity index (χ3v) is 8.28. The number of likely N-dealkylation sites (tertiary alicyclic amines) is 1. The number of ketones is 1. The van der Waals surface area contributed by atoms with E-state index in [9.17, 15) is 19.2 Å². The Morgan fingerprint density at radius 1 is 0.782 bits per heavy atom. The largest absolute Gasteiger partial charge is 0.494 e. The fraction of sp³-hybridized carbons (Fsp3) is 0.436. The lowest BCUT2D eigenvalue weighted by Crippen LogP contribution is -2.51. The van der Waals surface area contributed by atoms with Crippen LogP contribution in [-0.4, -0.2) is 109 Å². The molecule has 2 atom stereocenters. The Kier molecular flexibility index (Phi) is 14.6. The van der Waals surface area contributed by atoms with E-state index in [0.717, 1.165) is 0 Å². The lowest BCUT2D eigenvalue weighted by Gasteiger charge is -2.30. The molecule has 298 valence electrons. The second-order valence-corrected chi connectivity index (χ2v) is 13.3. The fourth-order valence-electron chi connectivity index (χ4n) is 5.68. The van der Waals surface area contributed by atoms with Gasteiger partial charge in [-0.3, -0.25) is 9.59 Å². The van der Waals surface area contributed by atoms with E-state index in [-0.39, 0.29) is 84.1 Å². The van der Waals surface area contributed by atoms with Crippen LogP contribution in [0.1, 0.15) is 70.3 Å². The highest BCUT2D eigenvalue weighted by molar-refractivity contribution is 6.11. The number of amides is 2. The zero-order chi connectivity index (χ0) is 40.3. The third kappa shape index (κ3) is 10.8. The average Bonchev–Trinajstić information content (AvgIpc) is 3.36. The number of nitrogens with zero attached hydrogens (tertiary/aromatic N) is 1. The molecule has 15 nitrogen and oxygen atoms in total. The van der Waals surface area contributed by atoms with Crippen molar-refractivity contribution in [3.8, 4) is 28.7 Å². The van der Waals surface area contributed by atoms with Crippen molar-refractivity contribution in [1.82, 2.24) is 10.2 Å². The molecule has 16 heteroatoms. The van der Waals surface area contributed by atoms with Gasteiger partial charge in [0.1, 0.15) is 23.0 Å². The van der Waals surface area contributed by atoms with Crippen LogP contribution in [0.5, 0.6) is 28.7 Å². The molecule has 1 heterocycles. The van der Waals surface area contributed by atoms with Crippen molar-refractivity contribution < 1.29 is 66.2 Å². The molecule has 2 amide bonds. The number of carbonyl (C=O) groups excluding carboxylic acids is 4. The maximum absolute atomic E-state index is 15.3. The van der Waals surface area contributed by atoms with Gasteiger partial charge < -0.3 is 52.8 Å². The summed E-state index contributed by atoms with van der Waals surface area (Å²) in [7, 11) is 6.92. The van der Waals surface area contributed by atoms with Gasteiger partial charge in [0.25, 0.3) is 5.91 Å². The minimum Gasteiger partial charge on any atom is -0.494 e. The van der Waals surface area contributed by atoms with Crippen molar-refractivity contribution >= 4 is 23.8 Å². The van der Waals surface area contributed by atoms with E-state index < -0.39 is 47.3 Å². The molecule has 3 aromatic rings. The Hall–Kier alpha value is -5.61. The summed E-state index contributed by atoms with van der Waals surface area (Å²) >= 11 is 0. The maximum atomic E-state index is 15.3. The highest BCUT2D eigenvalue weighted by Crippen LogP contribution is 2.39. The quantitative estimate of drug-likeness (QED) is 0.119. The second kappa shape index (κ2) is 19.1. The molecule has 0 radical (unpaired) electrons. The van der Waals surface area contributed by atoms with Gasteiger partial charge in [-0.2, -0.15) is 0 Å². The van der Waals surface area contributed by atoms with E-state index in [1.54, 1.807) is 20.8 Å². The number of esters is 1. The van der Waals surface area contributed by atoms with E-state index in [2.05, 4.69) is 5.32 Å². The molecule has 1 N–H and O–H groups in total. The highest BCUT2D eigenvalue weighted by atomic mass is 19.1. The van der Waals surface area contributed by atoms with Gasteiger partial charge in [0.05, 0.1) is 32.9 Å². The van der Waals surface area contributed by atoms with Gasteiger partial charge in [0.2, 0.25) is 5.75 Å². The molecular weight excluding hydrogens is 723 g/mol. The number of carbonyl (C=O) groups is 4. The summed E-state index contributed by atoms with van der Waals surface area (Å²) in [5, 5.41) is 2.92. The summed E-state index contributed by atoms with van der Waals surface area (Å²) in [5.74, 6) is -2.55. The van der Waals surface area contributed by atoms with Gasteiger partial charge in [-0.25, -0.2) is 14.0 Å². The van der Waals surface area contributed by atoms with Crippen molar-refractivity contribution in [1.29, 1.82) is 0 Å². The normalized spacial score (nSPS) is 15.6. The van der Waals surface area contributed by atoms with Gasteiger partial charge in [-0.05, 0) is 70.0 Å². The summed E-state index contributed by atoms with van der Waals surface area (Å²) in [5.41, 5.74) is -0.871. The van der Waals surface area contributed by atoms with Gasteiger partial charge in [-0.1, -0.05) is 12.1 Å². The molecule has 1 fully saturated rings. The van der Waals surface area contributed by atoms with Crippen LogP contribution in [0.2, 0.25) is 0 Å².